The Bertz CT molecular complexity index is 998. The summed E-state index contributed by atoms with van der Waals surface area (Å²) in [5.41, 5.74) is 1.17. The molecule has 2 heterocycles. The predicted octanol–water partition coefficient (Wildman–Crippen LogP) is 3.27. The normalized spacial score (nSPS) is 11.0. The molecule has 7 nitrogen and oxygen atoms in total. The van der Waals surface area contributed by atoms with Crippen molar-refractivity contribution < 1.29 is 9.18 Å². The summed E-state index contributed by atoms with van der Waals surface area (Å²) in [4.78, 5) is 25.1. The number of hydrogen-bond acceptors (Lipinski definition) is 5. The van der Waals surface area contributed by atoms with Crippen molar-refractivity contribution in [3.05, 3.63) is 60.1 Å². The van der Waals surface area contributed by atoms with Gasteiger partial charge in [0, 0.05) is 33.3 Å². The fourth-order valence-corrected chi connectivity index (χ4v) is 2.84. The van der Waals surface area contributed by atoms with Gasteiger partial charge in [-0.3, -0.25) is 4.79 Å². The number of nitrogens with zero attached hydrogens (tertiary/aromatic N) is 6. The molecule has 146 valence electrons. The summed E-state index contributed by atoms with van der Waals surface area (Å²) in [5.74, 6) is 0.544. The van der Waals surface area contributed by atoms with E-state index in [1.54, 1.807) is 31.4 Å². The molecule has 28 heavy (non-hydrogen) atoms. The highest BCUT2D eigenvalue weighted by Gasteiger charge is 2.24. The molecule has 0 saturated carbocycles. The molecule has 0 radical (unpaired) electrons. The van der Waals surface area contributed by atoms with Gasteiger partial charge in [-0.05, 0) is 30.3 Å². The third kappa shape index (κ3) is 3.71. The SMILES string of the molecule is CC(C)c1nc(C(=O)N(C)c2cccnc2N(C)C)nn1-c1cccc(F)c1. The molecule has 3 rings (SSSR count). The van der Waals surface area contributed by atoms with Crippen LogP contribution in [0.5, 0.6) is 0 Å². The van der Waals surface area contributed by atoms with E-state index in [1.807, 2.05) is 38.9 Å². The second-order valence-electron chi connectivity index (χ2n) is 6.94. The second kappa shape index (κ2) is 7.75. The van der Waals surface area contributed by atoms with Crippen molar-refractivity contribution >= 4 is 17.4 Å². The Labute approximate surface area is 163 Å². The maximum atomic E-state index is 13.7. The van der Waals surface area contributed by atoms with E-state index in [0.29, 0.717) is 23.0 Å². The van der Waals surface area contributed by atoms with Crippen molar-refractivity contribution in [1.29, 1.82) is 0 Å². The fourth-order valence-electron chi connectivity index (χ4n) is 2.84. The van der Waals surface area contributed by atoms with Gasteiger partial charge in [-0.15, -0.1) is 5.10 Å². The number of pyridine rings is 1. The molecule has 2 aromatic heterocycles. The summed E-state index contributed by atoms with van der Waals surface area (Å²) < 4.78 is 15.2. The van der Waals surface area contributed by atoms with Crippen LogP contribution in [0.25, 0.3) is 5.69 Å². The largest absolute Gasteiger partial charge is 0.361 e. The number of halogens is 1. The summed E-state index contributed by atoms with van der Waals surface area (Å²) in [6.07, 6.45) is 1.67. The molecule has 0 aliphatic heterocycles. The van der Waals surface area contributed by atoms with Crippen LogP contribution in [0.4, 0.5) is 15.9 Å². The summed E-state index contributed by atoms with van der Waals surface area (Å²) >= 11 is 0. The zero-order chi connectivity index (χ0) is 20.4. The highest BCUT2D eigenvalue weighted by atomic mass is 19.1. The van der Waals surface area contributed by atoms with Gasteiger partial charge in [-0.2, -0.15) is 0 Å². The second-order valence-corrected chi connectivity index (χ2v) is 6.94. The molecule has 8 heteroatoms. The molecule has 0 aliphatic carbocycles. The van der Waals surface area contributed by atoms with Crippen molar-refractivity contribution in [2.24, 2.45) is 0 Å². The number of anilines is 2. The Hall–Kier alpha value is -3.29. The average Bonchev–Trinajstić information content (AvgIpc) is 3.12. The summed E-state index contributed by atoms with van der Waals surface area (Å²) in [6.45, 7) is 3.89. The number of carbonyl (C=O) groups is 1. The van der Waals surface area contributed by atoms with Gasteiger partial charge in [0.1, 0.15) is 11.6 Å². The van der Waals surface area contributed by atoms with Crippen LogP contribution in [0.1, 0.15) is 36.2 Å². The molecule has 1 amide bonds. The van der Waals surface area contributed by atoms with Crippen LogP contribution in [-0.2, 0) is 0 Å². The first-order chi connectivity index (χ1) is 13.3. The molecule has 0 saturated heterocycles. The minimum absolute atomic E-state index is 0.00153. The first kappa shape index (κ1) is 19.5. The Morgan fingerprint density at radius 3 is 2.54 bits per heavy atom. The molecule has 0 aliphatic rings. The van der Waals surface area contributed by atoms with Gasteiger partial charge < -0.3 is 9.80 Å². The number of hydrogen-bond donors (Lipinski definition) is 0. The third-order valence-electron chi connectivity index (χ3n) is 4.25. The number of aromatic nitrogens is 4. The van der Waals surface area contributed by atoms with Gasteiger partial charge in [0.05, 0.1) is 11.4 Å². The van der Waals surface area contributed by atoms with E-state index in [-0.39, 0.29) is 23.5 Å². The van der Waals surface area contributed by atoms with Crippen molar-refractivity contribution in [2.45, 2.75) is 19.8 Å². The van der Waals surface area contributed by atoms with Gasteiger partial charge in [0.15, 0.2) is 5.82 Å². The fraction of sp³-hybridized carbons (Fsp3) is 0.300. The smallest absolute Gasteiger partial charge is 0.297 e. The minimum Gasteiger partial charge on any atom is -0.361 e. The highest BCUT2D eigenvalue weighted by Crippen LogP contribution is 2.26. The van der Waals surface area contributed by atoms with Crippen molar-refractivity contribution in [3.8, 4) is 5.69 Å². The molecule has 0 bridgehead atoms. The molecule has 0 spiro atoms. The van der Waals surface area contributed by atoms with E-state index in [4.69, 9.17) is 0 Å². The van der Waals surface area contributed by atoms with Crippen LogP contribution in [-0.4, -0.2) is 46.8 Å². The lowest BCUT2D eigenvalue weighted by atomic mass is 10.2. The number of rotatable bonds is 5. The molecule has 1 aromatic carbocycles. The topological polar surface area (TPSA) is 67.2 Å². The number of amides is 1. The number of benzene rings is 1. The van der Waals surface area contributed by atoms with Crippen LogP contribution in [0.3, 0.4) is 0 Å². The maximum Gasteiger partial charge on any atom is 0.297 e. The van der Waals surface area contributed by atoms with Crippen molar-refractivity contribution in [1.82, 2.24) is 19.7 Å². The Morgan fingerprint density at radius 1 is 1.14 bits per heavy atom. The molecule has 0 fully saturated rings. The van der Waals surface area contributed by atoms with Crippen LogP contribution in [0.2, 0.25) is 0 Å². The molecule has 0 atom stereocenters. The predicted molar refractivity (Wildman–Crippen MR) is 107 cm³/mol. The van der Waals surface area contributed by atoms with E-state index < -0.39 is 0 Å². The highest BCUT2D eigenvalue weighted by molar-refractivity contribution is 6.04. The van der Waals surface area contributed by atoms with Gasteiger partial charge in [0.25, 0.3) is 5.91 Å². The zero-order valence-electron chi connectivity index (χ0n) is 16.6. The van der Waals surface area contributed by atoms with E-state index >= 15 is 0 Å². The van der Waals surface area contributed by atoms with E-state index in [0.717, 1.165) is 0 Å². The quantitative estimate of drug-likeness (QED) is 0.678. The number of carbonyl (C=O) groups excluding carboxylic acids is 1. The Balaban J connectivity index is 2.02. The first-order valence-electron chi connectivity index (χ1n) is 8.93. The van der Waals surface area contributed by atoms with Gasteiger partial charge >= 0.3 is 0 Å². The molecule has 3 aromatic rings. The lowest BCUT2D eigenvalue weighted by Gasteiger charge is -2.22. The van der Waals surface area contributed by atoms with E-state index in [9.17, 15) is 9.18 Å². The Morgan fingerprint density at radius 2 is 1.89 bits per heavy atom. The lowest BCUT2D eigenvalue weighted by molar-refractivity contribution is 0.0983. The van der Waals surface area contributed by atoms with Crippen molar-refractivity contribution in [3.63, 3.8) is 0 Å². The van der Waals surface area contributed by atoms with E-state index in [2.05, 4.69) is 15.1 Å². The standard InChI is InChI=1S/C20H23FN6O/c1-13(2)18-23-17(24-27(18)15-9-6-8-14(21)12-15)20(28)26(5)16-10-7-11-22-19(16)25(3)4/h6-13H,1-5H3. The lowest BCUT2D eigenvalue weighted by Crippen LogP contribution is -2.29. The molecule has 0 unspecified atom stereocenters. The molecule has 0 N–H and O–H groups in total. The molecular weight excluding hydrogens is 359 g/mol. The third-order valence-corrected chi connectivity index (χ3v) is 4.25. The average molecular weight is 382 g/mol. The van der Waals surface area contributed by atoms with Crippen LogP contribution in [0, 0.1) is 5.82 Å². The summed E-state index contributed by atoms with van der Waals surface area (Å²) in [6, 6.07) is 9.64. The minimum atomic E-state index is -0.376. The zero-order valence-corrected chi connectivity index (χ0v) is 16.6. The summed E-state index contributed by atoms with van der Waals surface area (Å²) in [5, 5.41) is 4.38. The monoisotopic (exact) mass is 382 g/mol. The van der Waals surface area contributed by atoms with Crippen LogP contribution >= 0.6 is 0 Å². The first-order valence-corrected chi connectivity index (χ1v) is 8.93. The van der Waals surface area contributed by atoms with Crippen molar-refractivity contribution in [2.75, 3.05) is 30.9 Å². The molecular formula is C20H23FN6O. The van der Waals surface area contributed by atoms with Gasteiger partial charge in [-0.1, -0.05) is 19.9 Å². The van der Waals surface area contributed by atoms with Gasteiger partial charge in [-0.25, -0.2) is 19.0 Å². The van der Waals surface area contributed by atoms with Crippen LogP contribution in [0.15, 0.2) is 42.6 Å². The maximum absolute atomic E-state index is 13.7. The van der Waals surface area contributed by atoms with Gasteiger partial charge in [0.2, 0.25) is 5.82 Å². The van der Waals surface area contributed by atoms with Crippen LogP contribution < -0.4 is 9.80 Å². The van der Waals surface area contributed by atoms with E-state index in [1.165, 1.54) is 21.7 Å². The Kier molecular flexibility index (Phi) is 5.39. The summed E-state index contributed by atoms with van der Waals surface area (Å²) in [7, 11) is 5.38.